The molecule has 3 nitrogen and oxygen atoms in total. The first kappa shape index (κ1) is 11.9. The van der Waals surface area contributed by atoms with Gasteiger partial charge in [0.2, 0.25) is 0 Å². The van der Waals surface area contributed by atoms with Gasteiger partial charge in [0, 0.05) is 29.9 Å². The van der Waals surface area contributed by atoms with E-state index < -0.39 is 0 Å². The summed E-state index contributed by atoms with van der Waals surface area (Å²) in [6.07, 6.45) is 6.00. The number of nitrogens with zero attached hydrogens (tertiary/aromatic N) is 1. The van der Waals surface area contributed by atoms with Crippen LogP contribution >= 0.6 is 0 Å². The third-order valence-corrected chi connectivity index (χ3v) is 3.41. The number of hydrogen-bond acceptors (Lipinski definition) is 3. The lowest BCUT2D eigenvalue weighted by Crippen LogP contribution is -2.12. The average molecular weight is 253 g/mol. The van der Waals surface area contributed by atoms with Gasteiger partial charge in [-0.1, -0.05) is 12.1 Å². The lowest BCUT2D eigenvalue weighted by Gasteiger charge is -2.18. The van der Waals surface area contributed by atoms with Gasteiger partial charge >= 0.3 is 0 Å². The minimum absolute atomic E-state index is 0.232. The number of aromatic nitrogens is 1. The molecule has 0 fully saturated rings. The number of ketones is 1. The van der Waals surface area contributed by atoms with E-state index in [4.69, 9.17) is 4.74 Å². The third kappa shape index (κ3) is 2.50. The van der Waals surface area contributed by atoms with Crippen molar-refractivity contribution in [2.45, 2.75) is 25.9 Å². The molecule has 0 spiro atoms. The fourth-order valence-corrected chi connectivity index (χ4v) is 2.42. The van der Waals surface area contributed by atoms with E-state index >= 15 is 0 Å². The Balaban J connectivity index is 1.82. The Morgan fingerprint density at radius 2 is 1.95 bits per heavy atom. The third-order valence-electron chi connectivity index (χ3n) is 3.41. The van der Waals surface area contributed by atoms with Crippen molar-refractivity contribution in [3.63, 3.8) is 0 Å². The monoisotopic (exact) mass is 253 g/mol. The van der Waals surface area contributed by atoms with Crippen LogP contribution in [-0.4, -0.2) is 10.8 Å². The van der Waals surface area contributed by atoms with Crippen LogP contribution in [0.5, 0.6) is 5.75 Å². The topological polar surface area (TPSA) is 39.2 Å². The van der Waals surface area contributed by atoms with Gasteiger partial charge in [0.25, 0.3) is 0 Å². The second-order valence-corrected chi connectivity index (χ2v) is 4.70. The van der Waals surface area contributed by atoms with Crippen molar-refractivity contribution < 1.29 is 9.53 Å². The fraction of sp³-hybridized carbons (Fsp3) is 0.250. The number of hydrogen-bond donors (Lipinski definition) is 0. The zero-order chi connectivity index (χ0) is 13.1. The molecule has 0 atom stereocenters. The summed E-state index contributed by atoms with van der Waals surface area (Å²) in [4.78, 5) is 15.8. The van der Waals surface area contributed by atoms with Crippen molar-refractivity contribution in [2.75, 3.05) is 0 Å². The second kappa shape index (κ2) is 5.22. The lowest BCUT2D eigenvalue weighted by molar-refractivity contribution is 0.0971. The Labute approximate surface area is 112 Å². The molecule has 0 bridgehead atoms. The van der Waals surface area contributed by atoms with Crippen molar-refractivity contribution in [3.05, 3.63) is 59.4 Å². The number of benzene rings is 1. The highest BCUT2D eigenvalue weighted by atomic mass is 16.5. The maximum absolute atomic E-state index is 11.8. The van der Waals surface area contributed by atoms with Crippen LogP contribution in [-0.2, 0) is 13.0 Å². The fourth-order valence-electron chi connectivity index (χ4n) is 2.42. The first-order valence-electron chi connectivity index (χ1n) is 6.51. The molecule has 3 rings (SSSR count). The van der Waals surface area contributed by atoms with E-state index in [1.54, 1.807) is 12.4 Å². The Hall–Kier alpha value is -2.16. The van der Waals surface area contributed by atoms with Crippen molar-refractivity contribution in [1.82, 2.24) is 4.98 Å². The zero-order valence-electron chi connectivity index (χ0n) is 10.6. The number of carbonyl (C=O) groups is 1. The predicted octanol–water partition coefficient (Wildman–Crippen LogP) is 3.18. The highest BCUT2D eigenvalue weighted by Crippen LogP contribution is 2.29. The molecule has 96 valence electrons. The maximum atomic E-state index is 11.8. The van der Waals surface area contributed by atoms with Crippen LogP contribution in [0.25, 0.3) is 0 Å². The Bertz CT molecular complexity index is 593. The van der Waals surface area contributed by atoms with E-state index in [1.807, 2.05) is 30.3 Å². The van der Waals surface area contributed by atoms with Crippen LogP contribution in [0.1, 0.15) is 34.3 Å². The van der Waals surface area contributed by atoms with Crippen LogP contribution in [0.2, 0.25) is 0 Å². The minimum atomic E-state index is 0.232. The smallest absolute Gasteiger partial charge is 0.163 e. The van der Waals surface area contributed by atoms with Gasteiger partial charge in [0.15, 0.2) is 5.78 Å². The maximum Gasteiger partial charge on any atom is 0.163 e. The van der Waals surface area contributed by atoms with Gasteiger partial charge in [-0.25, -0.2) is 0 Å². The molecule has 1 heterocycles. The van der Waals surface area contributed by atoms with E-state index in [0.29, 0.717) is 13.0 Å². The summed E-state index contributed by atoms with van der Waals surface area (Å²) in [5, 5.41) is 0. The van der Waals surface area contributed by atoms with E-state index in [9.17, 15) is 4.79 Å². The average Bonchev–Trinajstić information content (AvgIpc) is 2.47. The summed E-state index contributed by atoms with van der Waals surface area (Å²) in [5.41, 5.74) is 2.97. The molecule has 0 aliphatic heterocycles. The SMILES string of the molecule is O=C1CCCc2c(OCc3ccncc3)cccc21. The molecule has 0 N–H and O–H groups in total. The van der Waals surface area contributed by atoms with Gasteiger partial charge in [0.05, 0.1) is 0 Å². The molecule has 0 unspecified atom stereocenters. The zero-order valence-corrected chi connectivity index (χ0v) is 10.6. The summed E-state index contributed by atoms with van der Waals surface area (Å²) in [7, 11) is 0. The van der Waals surface area contributed by atoms with Gasteiger partial charge in [0.1, 0.15) is 12.4 Å². The van der Waals surface area contributed by atoms with Crippen LogP contribution in [0, 0.1) is 0 Å². The quantitative estimate of drug-likeness (QED) is 0.843. The second-order valence-electron chi connectivity index (χ2n) is 4.70. The van der Waals surface area contributed by atoms with Crippen molar-refractivity contribution >= 4 is 5.78 Å². The summed E-state index contributed by atoms with van der Waals surface area (Å²) < 4.78 is 5.86. The van der Waals surface area contributed by atoms with E-state index in [-0.39, 0.29) is 5.78 Å². The van der Waals surface area contributed by atoms with Crippen LogP contribution < -0.4 is 4.74 Å². The molecule has 1 aromatic heterocycles. The van der Waals surface area contributed by atoms with Gasteiger partial charge in [-0.05, 0) is 36.6 Å². The summed E-state index contributed by atoms with van der Waals surface area (Å²) in [5.74, 6) is 1.07. The Morgan fingerprint density at radius 1 is 1.11 bits per heavy atom. The standard InChI is InChI=1S/C16H15NO2/c18-15-5-1-4-14-13(15)3-2-6-16(14)19-11-12-7-9-17-10-8-12/h2-3,6-10H,1,4-5,11H2. The first-order chi connectivity index (χ1) is 9.34. The molecule has 0 amide bonds. The number of Topliss-reactive ketones (excluding diaryl/α,β-unsaturated/α-hetero) is 1. The summed E-state index contributed by atoms with van der Waals surface area (Å²) in [6.45, 7) is 0.507. The summed E-state index contributed by atoms with van der Waals surface area (Å²) >= 11 is 0. The van der Waals surface area contributed by atoms with Gasteiger partial charge in [-0.15, -0.1) is 0 Å². The van der Waals surface area contributed by atoms with Gasteiger partial charge in [-0.3, -0.25) is 9.78 Å². The molecule has 2 aromatic rings. The van der Waals surface area contributed by atoms with Gasteiger partial charge in [-0.2, -0.15) is 0 Å². The summed E-state index contributed by atoms with van der Waals surface area (Å²) in [6, 6.07) is 9.60. The lowest BCUT2D eigenvalue weighted by atomic mass is 9.90. The van der Waals surface area contributed by atoms with Crippen LogP contribution in [0.3, 0.4) is 0 Å². The van der Waals surface area contributed by atoms with E-state index in [2.05, 4.69) is 4.98 Å². The Morgan fingerprint density at radius 3 is 2.79 bits per heavy atom. The number of fused-ring (bicyclic) bond motifs is 1. The van der Waals surface area contributed by atoms with Crippen molar-refractivity contribution in [3.8, 4) is 5.75 Å². The molecule has 0 saturated carbocycles. The molecule has 0 radical (unpaired) electrons. The highest BCUT2D eigenvalue weighted by Gasteiger charge is 2.20. The van der Waals surface area contributed by atoms with Crippen LogP contribution in [0.15, 0.2) is 42.7 Å². The highest BCUT2D eigenvalue weighted by molar-refractivity contribution is 5.99. The Kier molecular flexibility index (Phi) is 3.27. The number of rotatable bonds is 3. The predicted molar refractivity (Wildman–Crippen MR) is 72.3 cm³/mol. The molecule has 3 heteroatoms. The molecule has 1 aliphatic carbocycles. The molecule has 19 heavy (non-hydrogen) atoms. The number of pyridine rings is 1. The largest absolute Gasteiger partial charge is 0.489 e. The van der Waals surface area contributed by atoms with Crippen molar-refractivity contribution in [1.29, 1.82) is 0 Å². The van der Waals surface area contributed by atoms with E-state index in [0.717, 1.165) is 35.3 Å². The molecular weight excluding hydrogens is 238 g/mol. The molecular formula is C16H15NO2. The van der Waals surface area contributed by atoms with Crippen molar-refractivity contribution in [2.24, 2.45) is 0 Å². The van der Waals surface area contributed by atoms with Gasteiger partial charge < -0.3 is 4.74 Å². The number of ether oxygens (including phenoxy) is 1. The molecule has 0 saturated heterocycles. The molecule has 1 aliphatic rings. The number of carbonyl (C=O) groups excluding carboxylic acids is 1. The minimum Gasteiger partial charge on any atom is -0.489 e. The van der Waals surface area contributed by atoms with Crippen LogP contribution in [0.4, 0.5) is 0 Å². The normalized spacial score (nSPS) is 14.0. The molecule has 1 aromatic carbocycles. The van der Waals surface area contributed by atoms with E-state index in [1.165, 1.54) is 0 Å². The first-order valence-corrected chi connectivity index (χ1v) is 6.51.